The van der Waals surface area contributed by atoms with Crippen molar-refractivity contribution in [1.29, 1.82) is 0 Å². The van der Waals surface area contributed by atoms with Crippen molar-refractivity contribution in [3.8, 4) is 0 Å². The lowest BCUT2D eigenvalue weighted by atomic mass is 10.0. The number of morpholine rings is 1. The van der Waals surface area contributed by atoms with E-state index in [1.165, 1.54) is 11.3 Å². The number of hydrogen-bond donors (Lipinski definition) is 1. The number of hydrogen-bond acceptors (Lipinski definition) is 7. The summed E-state index contributed by atoms with van der Waals surface area (Å²) < 4.78 is 5.37. The number of ether oxygens (including phenoxy) is 1. The summed E-state index contributed by atoms with van der Waals surface area (Å²) in [6.45, 7) is 4.52. The average Bonchev–Trinajstić information content (AvgIpc) is 3.37. The molecule has 4 heterocycles. The van der Waals surface area contributed by atoms with Crippen LogP contribution in [0.5, 0.6) is 0 Å². The highest BCUT2D eigenvalue weighted by atomic mass is 32.1. The molecule has 152 valence electrons. The Labute approximate surface area is 173 Å². The first kappa shape index (κ1) is 19.8. The maximum Gasteiger partial charge on any atom is 0.295 e. The van der Waals surface area contributed by atoms with Gasteiger partial charge in [0.15, 0.2) is 0 Å². The summed E-state index contributed by atoms with van der Waals surface area (Å²) in [5, 5.41) is 12.8. The van der Waals surface area contributed by atoms with Gasteiger partial charge in [-0.25, -0.2) is 0 Å². The van der Waals surface area contributed by atoms with Crippen LogP contribution in [0, 0.1) is 0 Å². The van der Waals surface area contributed by atoms with Crippen molar-refractivity contribution in [2.24, 2.45) is 0 Å². The third-order valence-corrected chi connectivity index (χ3v) is 6.21. The third-order valence-electron chi connectivity index (χ3n) is 5.28. The Hall–Kier alpha value is -2.55. The number of aliphatic hydroxyl groups excluding tert-OH is 1. The van der Waals surface area contributed by atoms with Gasteiger partial charge in [-0.3, -0.25) is 19.5 Å². The van der Waals surface area contributed by atoms with Gasteiger partial charge in [-0.15, -0.1) is 11.3 Å². The fourth-order valence-electron chi connectivity index (χ4n) is 3.81. The minimum Gasteiger partial charge on any atom is -0.507 e. The number of nitrogens with zero attached hydrogens (tertiary/aromatic N) is 3. The topological polar surface area (TPSA) is 83.0 Å². The zero-order chi connectivity index (χ0) is 20.2. The van der Waals surface area contributed by atoms with Crippen LogP contribution in [0.4, 0.5) is 0 Å². The Kier molecular flexibility index (Phi) is 6.03. The van der Waals surface area contributed by atoms with Crippen molar-refractivity contribution in [2.75, 3.05) is 39.4 Å². The third kappa shape index (κ3) is 4.10. The number of rotatable bonds is 6. The number of aromatic nitrogens is 1. The van der Waals surface area contributed by atoms with Crippen molar-refractivity contribution in [1.82, 2.24) is 14.8 Å². The van der Waals surface area contributed by atoms with E-state index < -0.39 is 17.7 Å². The molecule has 7 nitrogen and oxygen atoms in total. The summed E-state index contributed by atoms with van der Waals surface area (Å²) in [7, 11) is 0. The summed E-state index contributed by atoms with van der Waals surface area (Å²) in [6.07, 6.45) is 3.85. The van der Waals surface area contributed by atoms with Gasteiger partial charge in [-0.2, -0.15) is 0 Å². The second-order valence-electron chi connectivity index (χ2n) is 7.05. The van der Waals surface area contributed by atoms with E-state index in [2.05, 4.69) is 9.88 Å². The Bertz CT molecular complexity index is 892. The van der Waals surface area contributed by atoms with Crippen LogP contribution in [0.15, 0.2) is 47.6 Å². The highest BCUT2D eigenvalue weighted by Gasteiger charge is 2.46. The van der Waals surface area contributed by atoms with E-state index in [0.717, 1.165) is 44.1 Å². The molecule has 0 saturated carbocycles. The summed E-state index contributed by atoms with van der Waals surface area (Å²) in [6, 6.07) is 6.49. The van der Waals surface area contributed by atoms with Gasteiger partial charge in [0.25, 0.3) is 11.7 Å². The number of thiophene rings is 1. The molecule has 2 aromatic rings. The van der Waals surface area contributed by atoms with Crippen LogP contribution >= 0.6 is 11.3 Å². The van der Waals surface area contributed by atoms with E-state index in [0.29, 0.717) is 12.1 Å². The monoisotopic (exact) mass is 413 g/mol. The molecule has 0 radical (unpaired) electrons. The Morgan fingerprint density at radius 1 is 1.17 bits per heavy atom. The van der Waals surface area contributed by atoms with E-state index >= 15 is 0 Å². The molecule has 8 heteroatoms. The smallest absolute Gasteiger partial charge is 0.295 e. The summed E-state index contributed by atoms with van der Waals surface area (Å²) in [5.74, 6) is -1.34. The summed E-state index contributed by atoms with van der Waals surface area (Å²) in [4.78, 5) is 34.4. The van der Waals surface area contributed by atoms with Gasteiger partial charge in [0, 0.05) is 49.0 Å². The highest BCUT2D eigenvalue weighted by molar-refractivity contribution is 7.10. The minimum atomic E-state index is -0.635. The van der Waals surface area contributed by atoms with Crippen molar-refractivity contribution >= 4 is 28.8 Å². The van der Waals surface area contributed by atoms with Crippen molar-refractivity contribution in [3.05, 3.63) is 58.1 Å². The van der Waals surface area contributed by atoms with Crippen molar-refractivity contribution in [3.63, 3.8) is 0 Å². The molecule has 2 fully saturated rings. The molecular formula is C21H23N3O4S. The van der Waals surface area contributed by atoms with Crippen LogP contribution in [0.1, 0.15) is 22.9 Å². The summed E-state index contributed by atoms with van der Waals surface area (Å²) >= 11 is 1.48. The molecule has 0 bridgehead atoms. The maximum absolute atomic E-state index is 12.9. The lowest BCUT2D eigenvalue weighted by molar-refractivity contribution is -0.140. The number of amides is 1. The molecule has 4 rings (SSSR count). The van der Waals surface area contributed by atoms with E-state index in [1.54, 1.807) is 29.4 Å². The van der Waals surface area contributed by atoms with Gasteiger partial charge in [-0.05, 0) is 30.0 Å². The van der Waals surface area contributed by atoms with Crippen LogP contribution in [-0.2, 0) is 14.3 Å². The summed E-state index contributed by atoms with van der Waals surface area (Å²) in [5.41, 5.74) is 0.628. The first-order valence-electron chi connectivity index (χ1n) is 9.69. The van der Waals surface area contributed by atoms with Crippen molar-refractivity contribution in [2.45, 2.75) is 12.5 Å². The molecule has 2 saturated heterocycles. The number of Topliss-reactive ketones (excluding diaryl/α,β-unsaturated/α-hetero) is 1. The van der Waals surface area contributed by atoms with E-state index in [9.17, 15) is 14.7 Å². The standard InChI is InChI=1S/C21H23N3O4S/c25-19(15-4-6-22-7-5-15)17-18(16-3-1-14-29-16)24(21(27)20(17)26)9-2-8-23-10-12-28-13-11-23/h1,3-7,14,18,25H,2,8-13H2/b19-17+. The molecule has 0 aliphatic carbocycles. The number of ketones is 1. The van der Waals surface area contributed by atoms with Gasteiger partial charge < -0.3 is 14.7 Å². The Morgan fingerprint density at radius 3 is 2.62 bits per heavy atom. The van der Waals surface area contributed by atoms with Gasteiger partial charge in [-0.1, -0.05) is 6.07 Å². The van der Waals surface area contributed by atoms with Gasteiger partial charge in [0.2, 0.25) is 0 Å². The lowest BCUT2D eigenvalue weighted by Crippen LogP contribution is -2.38. The minimum absolute atomic E-state index is 0.148. The largest absolute Gasteiger partial charge is 0.507 e. The van der Waals surface area contributed by atoms with Crippen LogP contribution in [0.2, 0.25) is 0 Å². The van der Waals surface area contributed by atoms with Crippen molar-refractivity contribution < 1.29 is 19.4 Å². The Morgan fingerprint density at radius 2 is 1.93 bits per heavy atom. The fourth-order valence-corrected chi connectivity index (χ4v) is 4.65. The molecule has 1 atom stereocenters. The maximum atomic E-state index is 12.9. The Balaban J connectivity index is 1.60. The molecule has 1 N–H and O–H groups in total. The normalized spacial score (nSPS) is 22.3. The van der Waals surface area contributed by atoms with Crippen LogP contribution in [0.3, 0.4) is 0 Å². The second kappa shape index (κ2) is 8.86. The number of pyridine rings is 1. The molecule has 2 aliphatic rings. The quantitative estimate of drug-likeness (QED) is 0.445. The molecule has 29 heavy (non-hydrogen) atoms. The fraction of sp³-hybridized carbons (Fsp3) is 0.381. The molecule has 2 aromatic heterocycles. The number of likely N-dealkylation sites (tertiary alicyclic amines) is 1. The molecule has 1 amide bonds. The predicted molar refractivity (Wildman–Crippen MR) is 109 cm³/mol. The van der Waals surface area contributed by atoms with Crippen LogP contribution < -0.4 is 0 Å². The van der Waals surface area contributed by atoms with E-state index in [-0.39, 0.29) is 11.3 Å². The van der Waals surface area contributed by atoms with E-state index in [1.807, 2.05) is 17.5 Å². The van der Waals surface area contributed by atoms with Crippen LogP contribution in [0.25, 0.3) is 5.76 Å². The molecular weight excluding hydrogens is 390 g/mol. The molecule has 0 aromatic carbocycles. The first-order valence-corrected chi connectivity index (χ1v) is 10.6. The zero-order valence-corrected chi connectivity index (χ0v) is 16.8. The zero-order valence-electron chi connectivity index (χ0n) is 16.0. The number of carbonyl (C=O) groups is 2. The van der Waals surface area contributed by atoms with Gasteiger partial charge in [0.05, 0.1) is 24.8 Å². The average molecular weight is 413 g/mol. The highest BCUT2D eigenvalue weighted by Crippen LogP contribution is 2.40. The number of carbonyl (C=O) groups excluding carboxylic acids is 2. The van der Waals surface area contributed by atoms with Gasteiger partial charge in [0.1, 0.15) is 5.76 Å². The SMILES string of the molecule is O=C1C(=O)N(CCCN2CCOCC2)C(c2cccs2)/C1=C(\O)c1ccncc1. The molecule has 0 spiro atoms. The lowest BCUT2D eigenvalue weighted by Gasteiger charge is -2.28. The van der Waals surface area contributed by atoms with Crippen LogP contribution in [-0.4, -0.2) is 71.0 Å². The predicted octanol–water partition coefficient (Wildman–Crippen LogP) is 2.29. The second-order valence-corrected chi connectivity index (χ2v) is 8.03. The number of aliphatic hydroxyl groups is 1. The first-order chi connectivity index (χ1) is 14.2. The van der Waals surface area contributed by atoms with Gasteiger partial charge >= 0.3 is 0 Å². The molecule has 2 aliphatic heterocycles. The molecule has 1 unspecified atom stereocenters. The van der Waals surface area contributed by atoms with E-state index in [4.69, 9.17) is 4.74 Å².